The summed E-state index contributed by atoms with van der Waals surface area (Å²) in [6.07, 6.45) is 8.66. The molecule has 1 aromatic rings. The van der Waals surface area contributed by atoms with Gasteiger partial charge in [-0.2, -0.15) is 5.01 Å². The molecule has 1 saturated heterocycles. The average molecular weight is 419 g/mol. The van der Waals surface area contributed by atoms with Crippen LogP contribution in [0.4, 0.5) is 0 Å². The summed E-state index contributed by atoms with van der Waals surface area (Å²) >= 11 is 8.30. The Morgan fingerprint density at radius 3 is 2.41 bits per heavy atom. The van der Waals surface area contributed by atoms with Crippen LogP contribution in [0, 0.1) is 30.1 Å². The van der Waals surface area contributed by atoms with Crippen molar-refractivity contribution in [2.24, 2.45) is 23.2 Å². The van der Waals surface area contributed by atoms with Crippen molar-refractivity contribution < 1.29 is 9.59 Å². The highest BCUT2D eigenvalue weighted by Gasteiger charge is 2.55. The van der Waals surface area contributed by atoms with Crippen LogP contribution in [0.5, 0.6) is 0 Å². The van der Waals surface area contributed by atoms with Gasteiger partial charge in [-0.25, -0.2) is 0 Å². The van der Waals surface area contributed by atoms with Crippen molar-refractivity contribution >= 4 is 57.5 Å². The third-order valence-electron chi connectivity index (χ3n) is 6.56. The molecule has 1 aliphatic heterocycles. The third-order valence-corrected chi connectivity index (χ3v) is 8.81. The zero-order chi connectivity index (χ0) is 18.8. The molecule has 6 rings (SSSR count). The molecule has 1 N–H and O–H groups in total. The molecule has 142 valence electrons. The molecule has 27 heavy (non-hydrogen) atoms. The summed E-state index contributed by atoms with van der Waals surface area (Å²) in [6.45, 7) is 2.04. The molecule has 4 aliphatic carbocycles. The van der Waals surface area contributed by atoms with Gasteiger partial charge in [0, 0.05) is 9.75 Å². The molecule has 2 amide bonds. The van der Waals surface area contributed by atoms with Gasteiger partial charge < -0.3 is 0 Å². The van der Waals surface area contributed by atoms with Gasteiger partial charge >= 0.3 is 0 Å². The highest BCUT2D eigenvalue weighted by molar-refractivity contribution is 8.26. The molecule has 0 radical (unpaired) electrons. The first-order valence-corrected chi connectivity index (χ1v) is 11.6. The van der Waals surface area contributed by atoms with E-state index < -0.39 is 0 Å². The lowest BCUT2D eigenvalue weighted by Gasteiger charge is -2.55. The smallest absolute Gasteiger partial charge is 0.273 e. The Labute approximate surface area is 172 Å². The molecule has 2 heterocycles. The van der Waals surface area contributed by atoms with E-state index in [1.807, 2.05) is 25.1 Å². The Bertz CT molecular complexity index is 837. The van der Waals surface area contributed by atoms with E-state index in [1.54, 1.807) is 11.3 Å². The monoisotopic (exact) mass is 418 g/mol. The predicted octanol–water partition coefficient (Wildman–Crippen LogP) is 4.51. The Morgan fingerprint density at radius 1 is 1.22 bits per heavy atom. The maximum Gasteiger partial charge on any atom is 0.285 e. The van der Waals surface area contributed by atoms with Crippen LogP contribution in [-0.4, -0.2) is 21.1 Å². The fourth-order valence-corrected chi connectivity index (χ4v) is 7.90. The molecular formula is C20H22N2O2S3. The van der Waals surface area contributed by atoms with Gasteiger partial charge in [0.2, 0.25) is 5.91 Å². The topological polar surface area (TPSA) is 49.4 Å². The lowest BCUT2D eigenvalue weighted by molar-refractivity contribution is -0.152. The van der Waals surface area contributed by atoms with E-state index in [9.17, 15) is 9.59 Å². The van der Waals surface area contributed by atoms with Crippen LogP contribution < -0.4 is 5.43 Å². The van der Waals surface area contributed by atoms with Crippen molar-refractivity contribution in [3.63, 3.8) is 0 Å². The number of thioether (sulfide) groups is 1. The molecule has 7 heteroatoms. The van der Waals surface area contributed by atoms with Crippen molar-refractivity contribution in [2.75, 3.05) is 0 Å². The van der Waals surface area contributed by atoms with E-state index in [1.165, 1.54) is 40.9 Å². The van der Waals surface area contributed by atoms with Crippen molar-refractivity contribution in [3.8, 4) is 0 Å². The number of aryl methyl sites for hydroxylation is 1. The summed E-state index contributed by atoms with van der Waals surface area (Å²) in [4.78, 5) is 28.9. The minimum absolute atomic E-state index is 0.00566. The first-order chi connectivity index (χ1) is 12.9. The predicted molar refractivity (Wildman–Crippen MR) is 113 cm³/mol. The lowest BCUT2D eigenvalue weighted by atomic mass is 9.49. The van der Waals surface area contributed by atoms with Crippen LogP contribution in [0.1, 0.15) is 48.3 Å². The number of hydrazine groups is 1. The van der Waals surface area contributed by atoms with Gasteiger partial charge in [0.1, 0.15) is 0 Å². The number of hydrogen-bond donors (Lipinski definition) is 1. The summed E-state index contributed by atoms with van der Waals surface area (Å²) in [7, 11) is 0. The summed E-state index contributed by atoms with van der Waals surface area (Å²) in [5.41, 5.74) is 2.62. The molecule has 5 fully saturated rings. The number of carbonyl (C=O) groups is 2. The molecule has 4 saturated carbocycles. The zero-order valence-corrected chi connectivity index (χ0v) is 17.6. The number of amides is 2. The van der Waals surface area contributed by atoms with Gasteiger partial charge in [0.15, 0.2) is 4.32 Å². The number of thiocarbonyl (C=S) groups is 1. The molecule has 0 spiro atoms. The standard InChI is InChI=1S/C20H22N2O2S3/c1-11-2-3-15(26-11)7-16-17(23)22(19(25)27-16)21-18(24)20-8-12-4-13(9-20)6-14(5-12)10-20/h2-3,7,12-14H,4-6,8-10H2,1H3,(H,21,24)/b16-7+. The maximum absolute atomic E-state index is 13.2. The summed E-state index contributed by atoms with van der Waals surface area (Å²) in [5, 5.41) is 1.30. The fourth-order valence-electron chi connectivity index (χ4n) is 5.83. The highest BCUT2D eigenvalue weighted by atomic mass is 32.2. The SMILES string of the molecule is Cc1ccc(/C=C2/SC(=S)N(NC(=O)C34CC5CC(CC(C5)C3)C4)C2=O)s1. The molecule has 4 nitrogen and oxygen atoms in total. The first-order valence-electron chi connectivity index (χ1n) is 9.57. The Kier molecular flexibility index (Phi) is 4.26. The van der Waals surface area contributed by atoms with Crippen LogP contribution in [0.3, 0.4) is 0 Å². The van der Waals surface area contributed by atoms with Crippen LogP contribution >= 0.6 is 35.3 Å². The normalized spacial score (nSPS) is 36.1. The molecule has 0 aromatic carbocycles. The molecule has 1 aromatic heterocycles. The second kappa shape index (κ2) is 6.42. The molecule has 4 bridgehead atoms. The molecule has 0 atom stereocenters. The first kappa shape index (κ1) is 17.9. The quantitative estimate of drug-likeness (QED) is 0.580. The summed E-state index contributed by atoms with van der Waals surface area (Å²) in [5.74, 6) is 1.86. The van der Waals surface area contributed by atoms with Gasteiger partial charge in [-0.3, -0.25) is 15.0 Å². The van der Waals surface area contributed by atoms with E-state index in [-0.39, 0.29) is 17.2 Å². The lowest BCUT2D eigenvalue weighted by Crippen LogP contribution is -2.57. The minimum atomic E-state index is -0.285. The van der Waals surface area contributed by atoms with Crippen molar-refractivity contribution in [3.05, 3.63) is 26.8 Å². The van der Waals surface area contributed by atoms with Crippen molar-refractivity contribution in [2.45, 2.75) is 45.4 Å². The van der Waals surface area contributed by atoms with E-state index in [0.29, 0.717) is 27.0 Å². The number of carbonyl (C=O) groups excluding carboxylic acids is 2. The summed E-state index contributed by atoms with van der Waals surface area (Å²) < 4.78 is 0.414. The number of rotatable bonds is 3. The average Bonchev–Trinajstić information content (AvgIpc) is 3.12. The number of nitrogens with zero attached hydrogens (tertiary/aromatic N) is 1. The van der Waals surface area contributed by atoms with Gasteiger partial charge in [-0.05, 0) is 93.6 Å². The Balaban J connectivity index is 1.33. The maximum atomic E-state index is 13.2. The van der Waals surface area contributed by atoms with Crippen LogP contribution in [0.25, 0.3) is 6.08 Å². The molecule has 5 aliphatic rings. The third kappa shape index (κ3) is 3.08. The highest BCUT2D eigenvalue weighted by Crippen LogP contribution is 2.60. The van der Waals surface area contributed by atoms with E-state index in [0.717, 1.165) is 24.1 Å². The van der Waals surface area contributed by atoms with E-state index in [2.05, 4.69) is 5.43 Å². The fraction of sp³-hybridized carbons (Fsp3) is 0.550. The van der Waals surface area contributed by atoms with Crippen LogP contribution in [0.2, 0.25) is 0 Å². The van der Waals surface area contributed by atoms with Gasteiger partial charge in [0.25, 0.3) is 5.91 Å². The number of thiophene rings is 1. The second-order valence-electron chi connectivity index (χ2n) is 8.60. The van der Waals surface area contributed by atoms with Crippen molar-refractivity contribution in [1.29, 1.82) is 0 Å². The van der Waals surface area contributed by atoms with Crippen LogP contribution in [0.15, 0.2) is 17.0 Å². The second-order valence-corrected chi connectivity index (χ2v) is 11.6. The van der Waals surface area contributed by atoms with Gasteiger partial charge in [0.05, 0.1) is 10.3 Å². The zero-order valence-electron chi connectivity index (χ0n) is 15.2. The molecular weight excluding hydrogens is 396 g/mol. The van der Waals surface area contributed by atoms with E-state index >= 15 is 0 Å². The summed E-state index contributed by atoms with van der Waals surface area (Å²) in [6, 6.07) is 4.03. The minimum Gasteiger partial charge on any atom is -0.273 e. The number of nitrogens with one attached hydrogen (secondary N) is 1. The largest absolute Gasteiger partial charge is 0.285 e. The Morgan fingerprint density at radius 2 is 1.85 bits per heavy atom. The van der Waals surface area contributed by atoms with Gasteiger partial charge in [-0.15, -0.1) is 11.3 Å². The Hall–Kier alpha value is -1.18. The van der Waals surface area contributed by atoms with E-state index in [4.69, 9.17) is 12.2 Å². The van der Waals surface area contributed by atoms with Crippen molar-refractivity contribution in [1.82, 2.24) is 10.4 Å². The number of hydrogen-bond acceptors (Lipinski definition) is 5. The molecule has 0 unspecified atom stereocenters. The van der Waals surface area contributed by atoms with Gasteiger partial charge in [-0.1, -0.05) is 11.8 Å². The van der Waals surface area contributed by atoms with Crippen LogP contribution in [-0.2, 0) is 9.59 Å².